The number of anilines is 2. The predicted molar refractivity (Wildman–Crippen MR) is 71.7 cm³/mol. The fourth-order valence-electron chi connectivity index (χ4n) is 1.41. The zero-order valence-corrected chi connectivity index (χ0v) is 11.1. The van der Waals surface area contributed by atoms with Gasteiger partial charge in [0.25, 0.3) is 0 Å². The second-order valence-electron chi connectivity index (χ2n) is 3.73. The van der Waals surface area contributed by atoms with Crippen molar-refractivity contribution in [3.63, 3.8) is 0 Å². The van der Waals surface area contributed by atoms with Gasteiger partial charge in [0.1, 0.15) is 18.2 Å². The Labute approximate surface area is 108 Å². The van der Waals surface area contributed by atoms with Crippen LogP contribution in [0.1, 0.15) is 26.1 Å². The van der Waals surface area contributed by atoms with Gasteiger partial charge in [0.05, 0.1) is 0 Å². The van der Waals surface area contributed by atoms with Gasteiger partial charge in [-0.2, -0.15) is 0 Å². The molecule has 0 spiro atoms. The van der Waals surface area contributed by atoms with Crippen LogP contribution >= 0.6 is 0 Å². The Hall–Kier alpha value is -1.40. The molecule has 0 aliphatic heterocycles. The second-order valence-corrected chi connectivity index (χ2v) is 3.73. The number of ether oxygens (including phenoxy) is 1. The minimum Gasteiger partial charge on any atom is -0.396 e. The lowest BCUT2D eigenvalue weighted by Crippen LogP contribution is -2.10. The van der Waals surface area contributed by atoms with Crippen LogP contribution in [-0.4, -0.2) is 41.4 Å². The van der Waals surface area contributed by atoms with Crippen molar-refractivity contribution in [2.45, 2.75) is 26.9 Å². The maximum atomic E-state index is 8.75. The van der Waals surface area contributed by atoms with Gasteiger partial charge in [-0.05, 0) is 20.3 Å². The number of hydrogen-bond donors (Lipinski definition) is 3. The molecule has 0 unspecified atom stereocenters. The molecule has 6 nitrogen and oxygen atoms in total. The number of nitrogens with zero attached hydrogens (tertiary/aromatic N) is 2. The third-order valence-corrected chi connectivity index (χ3v) is 2.21. The highest BCUT2D eigenvalue weighted by molar-refractivity contribution is 5.47. The van der Waals surface area contributed by atoms with E-state index in [-0.39, 0.29) is 6.61 Å². The van der Waals surface area contributed by atoms with Gasteiger partial charge in [-0.3, -0.25) is 0 Å². The molecule has 0 saturated heterocycles. The highest BCUT2D eigenvalue weighted by Crippen LogP contribution is 2.12. The van der Waals surface area contributed by atoms with Crippen molar-refractivity contribution < 1.29 is 9.84 Å². The highest BCUT2D eigenvalue weighted by atomic mass is 16.5. The van der Waals surface area contributed by atoms with Gasteiger partial charge in [-0.25, -0.2) is 9.97 Å². The quantitative estimate of drug-likeness (QED) is 0.575. The summed E-state index contributed by atoms with van der Waals surface area (Å²) in [6.07, 6.45) is 0.696. The molecule has 0 aliphatic carbocycles. The summed E-state index contributed by atoms with van der Waals surface area (Å²) in [5.74, 6) is 2.19. The van der Waals surface area contributed by atoms with Gasteiger partial charge < -0.3 is 20.5 Å². The first-order valence-electron chi connectivity index (χ1n) is 6.34. The largest absolute Gasteiger partial charge is 0.396 e. The van der Waals surface area contributed by atoms with E-state index in [4.69, 9.17) is 9.84 Å². The van der Waals surface area contributed by atoms with Gasteiger partial charge in [0, 0.05) is 32.4 Å². The van der Waals surface area contributed by atoms with Gasteiger partial charge >= 0.3 is 0 Å². The van der Waals surface area contributed by atoms with Crippen LogP contribution in [0.25, 0.3) is 0 Å². The Morgan fingerprint density at radius 2 is 1.94 bits per heavy atom. The van der Waals surface area contributed by atoms with E-state index >= 15 is 0 Å². The molecule has 0 bridgehead atoms. The van der Waals surface area contributed by atoms with Crippen LogP contribution in [0.2, 0.25) is 0 Å². The van der Waals surface area contributed by atoms with Gasteiger partial charge in [-0.1, -0.05) is 0 Å². The Bertz CT molecular complexity index is 347. The summed E-state index contributed by atoms with van der Waals surface area (Å²) in [6, 6.07) is 1.86. The van der Waals surface area contributed by atoms with Crippen LogP contribution in [0, 0.1) is 0 Å². The summed E-state index contributed by atoms with van der Waals surface area (Å²) in [4.78, 5) is 8.71. The van der Waals surface area contributed by atoms with Crippen LogP contribution in [0.5, 0.6) is 0 Å². The van der Waals surface area contributed by atoms with Crippen molar-refractivity contribution in [2.75, 3.05) is 36.9 Å². The van der Waals surface area contributed by atoms with Gasteiger partial charge in [0.15, 0.2) is 5.82 Å². The zero-order valence-electron chi connectivity index (χ0n) is 11.1. The molecule has 0 radical (unpaired) electrons. The van der Waals surface area contributed by atoms with E-state index in [0.717, 1.165) is 18.2 Å². The first kappa shape index (κ1) is 14.7. The topological polar surface area (TPSA) is 79.3 Å². The number of rotatable bonds is 9. The van der Waals surface area contributed by atoms with E-state index in [1.165, 1.54) is 0 Å². The third kappa shape index (κ3) is 5.29. The van der Waals surface area contributed by atoms with E-state index in [1.807, 2.05) is 19.9 Å². The summed E-state index contributed by atoms with van der Waals surface area (Å²) in [5, 5.41) is 15.1. The van der Waals surface area contributed by atoms with Crippen molar-refractivity contribution in [3.05, 3.63) is 11.9 Å². The van der Waals surface area contributed by atoms with Crippen molar-refractivity contribution in [3.8, 4) is 0 Å². The molecule has 0 aromatic carbocycles. The monoisotopic (exact) mass is 254 g/mol. The van der Waals surface area contributed by atoms with Crippen LogP contribution in [-0.2, 0) is 11.3 Å². The summed E-state index contributed by atoms with van der Waals surface area (Å²) >= 11 is 0. The first-order chi connectivity index (χ1) is 8.80. The average molecular weight is 254 g/mol. The average Bonchev–Trinajstić information content (AvgIpc) is 2.37. The lowest BCUT2D eigenvalue weighted by Gasteiger charge is -2.10. The number of nitrogens with one attached hydrogen (secondary N) is 2. The number of hydrogen-bond acceptors (Lipinski definition) is 6. The van der Waals surface area contributed by atoms with E-state index < -0.39 is 0 Å². The number of aliphatic hydroxyl groups is 1. The molecule has 1 heterocycles. The van der Waals surface area contributed by atoms with Crippen molar-refractivity contribution in [1.82, 2.24) is 9.97 Å². The van der Waals surface area contributed by atoms with Crippen molar-refractivity contribution >= 4 is 11.6 Å². The molecule has 3 N–H and O–H groups in total. The first-order valence-corrected chi connectivity index (χ1v) is 6.34. The highest BCUT2D eigenvalue weighted by Gasteiger charge is 2.04. The molecule has 0 fully saturated rings. The maximum Gasteiger partial charge on any atom is 0.158 e. The minimum atomic E-state index is 0.171. The number of aromatic nitrogens is 2. The molecule has 6 heteroatoms. The summed E-state index contributed by atoms with van der Waals surface area (Å²) in [6.45, 7) is 6.67. The molecule has 102 valence electrons. The van der Waals surface area contributed by atoms with E-state index in [9.17, 15) is 0 Å². The fraction of sp³-hybridized carbons (Fsp3) is 0.667. The van der Waals surface area contributed by atoms with Crippen LogP contribution in [0.4, 0.5) is 11.6 Å². The third-order valence-electron chi connectivity index (χ3n) is 2.21. The van der Waals surface area contributed by atoms with Crippen LogP contribution in [0.3, 0.4) is 0 Å². The normalized spacial score (nSPS) is 10.4. The minimum absolute atomic E-state index is 0.171. The fourth-order valence-corrected chi connectivity index (χ4v) is 1.41. The van der Waals surface area contributed by atoms with Crippen molar-refractivity contribution in [2.24, 2.45) is 0 Å². The van der Waals surface area contributed by atoms with Crippen LogP contribution < -0.4 is 10.6 Å². The number of aliphatic hydroxyl groups excluding tert-OH is 1. The molecule has 0 aliphatic rings. The molecule has 0 saturated carbocycles. The Morgan fingerprint density at radius 3 is 2.56 bits per heavy atom. The van der Waals surface area contributed by atoms with Gasteiger partial charge in [0.2, 0.25) is 0 Å². The molecule has 1 rings (SSSR count). The molecule has 1 aromatic heterocycles. The summed E-state index contributed by atoms with van der Waals surface area (Å²) in [7, 11) is 0. The van der Waals surface area contributed by atoms with Gasteiger partial charge in [-0.15, -0.1) is 0 Å². The lowest BCUT2D eigenvalue weighted by molar-refractivity contribution is 0.128. The molecule has 0 amide bonds. The Kier molecular flexibility index (Phi) is 7.05. The SMILES string of the molecule is CCNc1cc(NCCCO)nc(COCC)n1. The zero-order chi connectivity index (χ0) is 13.2. The summed E-state index contributed by atoms with van der Waals surface area (Å²) in [5.41, 5.74) is 0. The Balaban J connectivity index is 2.70. The standard InChI is InChI=1S/C12H22N4O2/c1-3-13-10-8-11(14-6-5-7-17)16-12(15-10)9-18-4-2/h8,17H,3-7,9H2,1-2H3,(H2,13,14,15,16). The van der Waals surface area contributed by atoms with E-state index in [0.29, 0.717) is 32.0 Å². The lowest BCUT2D eigenvalue weighted by atomic mass is 10.4. The smallest absolute Gasteiger partial charge is 0.158 e. The van der Waals surface area contributed by atoms with Crippen molar-refractivity contribution in [1.29, 1.82) is 0 Å². The maximum absolute atomic E-state index is 8.75. The molecular weight excluding hydrogens is 232 g/mol. The molecule has 18 heavy (non-hydrogen) atoms. The van der Waals surface area contributed by atoms with E-state index in [2.05, 4.69) is 20.6 Å². The Morgan fingerprint density at radius 1 is 1.22 bits per heavy atom. The second kappa shape index (κ2) is 8.66. The predicted octanol–water partition coefficient (Wildman–Crippen LogP) is 1.24. The molecule has 1 aromatic rings. The summed E-state index contributed by atoms with van der Waals surface area (Å²) < 4.78 is 5.31. The molecular formula is C12H22N4O2. The molecule has 0 atom stereocenters. The van der Waals surface area contributed by atoms with E-state index in [1.54, 1.807) is 0 Å². The van der Waals surface area contributed by atoms with Crippen LogP contribution in [0.15, 0.2) is 6.07 Å².